The van der Waals surface area contributed by atoms with E-state index in [4.69, 9.17) is 15.6 Å². The van der Waals surface area contributed by atoms with E-state index in [0.717, 1.165) is 29.0 Å². The molecule has 1 aromatic carbocycles. The summed E-state index contributed by atoms with van der Waals surface area (Å²) in [5.74, 6) is 0.692. The van der Waals surface area contributed by atoms with Crippen molar-refractivity contribution in [3.63, 3.8) is 0 Å². The van der Waals surface area contributed by atoms with Gasteiger partial charge in [0.05, 0.1) is 38.2 Å². The van der Waals surface area contributed by atoms with Crippen molar-refractivity contribution in [3.05, 3.63) is 46.8 Å². The molecule has 0 bridgehead atoms. The smallest absolute Gasteiger partial charge is 0.254 e. The number of nitrogens with two attached hydrogens (primary N) is 1. The summed E-state index contributed by atoms with van der Waals surface area (Å²) >= 11 is 0. The van der Waals surface area contributed by atoms with Gasteiger partial charge in [0.15, 0.2) is 0 Å². The first-order valence-electron chi connectivity index (χ1n) is 8.51. The SMILES string of the molecule is Cc1ccc(C(=O)N2Cc3cnn(CCO)c3C2)cc1OCCCN. The van der Waals surface area contributed by atoms with Gasteiger partial charge in [0.1, 0.15) is 5.75 Å². The van der Waals surface area contributed by atoms with Crippen molar-refractivity contribution < 1.29 is 14.6 Å². The zero-order chi connectivity index (χ0) is 17.8. The van der Waals surface area contributed by atoms with E-state index in [9.17, 15) is 4.79 Å². The molecule has 0 atom stereocenters. The summed E-state index contributed by atoms with van der Waals surface area (Å²) in [5, 5.41) is 13.4. The van der Waals surface area contributed by atoms with Crippen LogP contribution < -0.4 is 10.5 Å². The Kier molecular flexibility index (Phi) is 5.35. The zero-order valence-electron chi connectivity index (χ0n) is 14.4. The maximum absolute atomic E-state index is 12.8. The molecule has 2 aromatic rings. The number of rotatable bonds is 7. The van der Waals surface area contributed by atoms with E-state index >= 15 is 0 Å². The Hall–Kier alpha value is -2.38. The Morgan fingerprint density at radius 3 is 3.00 bits per heavy atom. The first-order valence-corrected chi connectivity index (χ1v) is 8.51. The quantitative estimate of drug-likeness (QED) is 0.733. The van der Waals surface area contributed by atoms with Gasteiger partial charge in [0.25, 0.3) is 5.91 Å². The van der Waals surface area contributed by atoms with Crippen LogP contribution in [0.4, 0.5) is 0 Å². The fourth-order valence-electron chi connectivity index (χ4n) is 2.97. The normalized spacial score (nSPS) is 13.2. The van der Waals surface area contributed by atoms with Crippen molar-refractivity contribution >= 4 is 5.91 Å². The van der Waals surface area contributed by atoms with Gasteiger partial charge >= 0.3 is 0 Å². The van der Waals surface area contributed by atoms with Crippen LogP contribution in [0, 0.1) is 6.92 Å². The summed E-state index contributed by atoms with van der Waals surface area (Å²) in [7, 11) is 0. The number of fused-ring (bicyclic) bond motifs is 1. The predicted octanol–water partition coefficient (Wildman–Crippen LogP) is 1.07. The number of carbonyl (C=O) groups excluding carboxylic acids is 1. The number of aromatic nitrogens is 2. The lowest BCUT2D eigenvalue weighted by atomic mass is 10.1. The number of aryl methyl sites for hydroxylation is 1. The summed E-state index contributed by atoms with van der Waals surface area (Å²) in [6.45, 7) is 4.60. The van der Waals surface area contributed by atoms with Crippen molar-refractivity contribution in [1.29, 1.82) is 0 Å². The summed E-state index contributed by atoms with van der Waals surface area (Å²) in [6, 6.07) is 5.54. The summed E-state index contributed by atoms with van der Waals surface area (Å²) in [6.07, 6.45) is 2.55. The van der Waals surface area contributed by atoms with E-state index in [1.54, 1.807) is 21.8 Å². The Morgan fingerprint density at radius 2 is 2.24 bits per heavy atom. The molecule has 7 nitrogen and oxygen atoms in total. The molecule has 0 saturated carbocycles. The van der Waals surface area contributed by atoms with Crippen LogP contribution in [0.2, 0.25) is 0 Å². The first kappa shape index (κ1) is 17.4. The minimum Gasteiger partial charge on any atom is -0.493 e. The molecule has 0 radical (unpaired) electrons. The molecular formula is C18H24N4O3. The number of aliphatic hydroxyl groups is 1. The van der Waals surface area contributed by atoms with Gasteiger partial charge < -0.3 is 20.5 Å². The molecule has 0 aliphatic carbocycles. The maximum atomic E-state index is 12.8. The van der Waals surface area contributed by atoms with Crippen molar-refractivity contribution in [2.24, 2.45) is 5.73 Å². The average Bonchev–Trinajstić information content (AvgIpc) is 3.18. The predicted molar refractivity (Wildman–Crippen MR) is 93.2 cm³/mol. The van der Waals surface area contributed by atoms with Gasteiger partial charge in [0, 0.05) is 17.7 Å². The molecule has 7 heteroatoms. The van der Waals surface area contributed by atoms with Crippen LogP contribution in [-0.2, 0) is 19.6 Å². The third-order valence-electron chi connectivity index (χ3n) is 4.38. The summed E-state index contributed by atoms with van der Waals surface area (Å²) in [4.78, 5) is 14.6. The van der Waals surface area contributed by atoms with Gasteiger partial charge in [-0.05, 0) is 37.6 Å². The van der Waals surface area contributed by atoms with Crippen molar-refractivity contribution in [3.8, 4) is 5.75 Å². The number of benzene rings is 1. The molecule has 2 heterocycles. The molecule has 0 saturated heterocycles. The number of ether oxygens (including phenoxy) is 1. The number of hydrogen-bond acceptors (Lipinski definition) is 5. The molecule has 0 spiro atoms. The first-order chi connectivity index (χ1) is 12.1. The molecule has 3 rings (SSSR count). The van der Waals surface area contributed by atoms with Crippen LogP contribution in [-0.4, -0.2) is 45.5 Å². The third kappa shape index (κ3) is 3.67. The monoisotopic (exact) mass is 344 g/mol. The summed E-state index contributed by atoms with van der Waals surface area (Å²) < 4.78 is 7.50. The highest BCUT2D eigenvalue weighted by Crippen LogP contribution is 2.26. The van der Waals surface area contributed by atoms with Crippen LogP contribution >= 0.6 is 0 Å². The average molecular weight is 344 g/mol. The van der Waals surface area contributed by atoms with Gasteiger partial charge in [0.2, 0.25) is 0 Å². The fourth-order valence-corrected chi connectivity index (χ4v) is 2.97. The Morgan fingerprint density at radius 1 is 1.40 bits per heavy atom. The highest BCUT2D eigenvalue weighted by molar-refractivity contribution is 5.95. The standard InChI is InChI=1S/C18H24N4O3/c1-13-3-4-14(9-17(13)25-8-2-5-19)18(24)21-11-15-10-20-22(6-7-23)16(15)12-21/h3-4,9-10,23H,2,5-8,11-12,19H2,1H3. The van der Waals surface area contributed by atoms with Gasteiger partial charge in [-0.2, -0.15) is 5.10 Å². The number of hydrogen-bond donors (Lipinski definition) is 2. The number of carbonyl (C=O) groups is 1. The van der Waals surface area contributed by atoms with Crippen molar-refractivity contribution in [1.82, 2.24) is 14.7 Å². The Labute approximate surface area is 147 Å². The number of aliphatic hydroxyl groups excluding tert-OH is 1. The molecule has 0 fully saturated rings. The molecule has 3 N–H and O–H groups in total. The third-order valence-corrected chi connectivity index (χ3v) is 4.38. The van der Waals surface area contributed by atoms with Gasteiger partial charge in [-0.1, -0.05) is 6.07 Å². The van der Waals surface area contributed by atoms with Crippen molar-refractivity contribution in [2.75, 3.05) is 19.8 Å². The second-order valence-corrected chi connectivity index (χ2v) is 6.20. The van der Waals surface area contributed by atoms with E-state index < -0.39 is 0 Å². The molecule has 0 unspecified atom stereocenters. The van der Waals surface area contributed by atoms with Gasteiger partial charge in [-0.15, -0.1) is 0 Å². The van der Waals surface area contributed by atoms with Crippen LogP contribution in [0.25, 0.3) is 0 Å². The lowest BCUT2D eigenvalue weighted by Crippen LogP contribution is -2.26. The number of amides is 1. The van der Waals surface area contributed by atoms with E-state index in [-0.39, 0.29) is 12.5 Å². The lowest BCUT2D eigenvalue weighted by Gasteiger charge is -2.17. The number of nitrogens with zero attached hydrogens (tertiary/aromatic N) is 3. The highest BCUT2D eigenvalue weighted by atomic mass is 16.5. The Bertz CT molecular complexity index is 757. The molecule has 25 heavy (non-hydrogen) atoms. The second kappa shape index (κ2) is 7.67. The summed E-state index contributed by atoms with van der Waals surface area (Å²) in [5.41, 5.74) is 9.13. The zero-order valence-corrected chi connectivity index (χ0v) is 14.4. The molecule has 1 amide bonds. The van der Waals surface area contributed by atoms with E-state index in [1.807, 2.05) is 19.1 Å². The van der Waals surface area contributed by atoms with Crippen molar-refractivity contribution in [2.45, 2.75) is 33.0 Å². The van der Waals surface area contributed by atoms with Gasteiger partial charge in [-0.3, -0.25) is 9.48 Å². The Balaban J connectivity index is 1.72. The van der Waals surface area contributed by atoms with Crippen LogP contribution in [0.3, 0.4) is 0 Å². The van der Waals surface area contributed by atoms with Crippen LogP contribution in [0.15, 0.2) is 24.4 Å². The molecule has 134 valence electrons. The second-order valence-electron chi connectivity index (χ2n) is 6.20. The van der Waals surface area contributed by atoms with Crippen LogP contribution in [0.1, 0.15) is 33.6 Å². The van der Waals surface area contributed by atoms with Crippen LogP contribution in [0.5, 0.6) is 5.75 Å². The lowest BCUT2D eigenvalue weighted by molar-refractivity contribution is 0.0747. The van der Waals surface area contributed by atoms with E-state index in [0.29, 0.717) is 38.3 Å². The highest BCUT2D eigenvalue weighted by Gasteiger charge is 2.28. The van der Waals surface area contributed by atoms with E-state index in [2.05, 4.69) is 5.10 Å². The fraction of sp³-hybridized carbons (Fsp3) is 0.444. The minimum absolute atomic E-state index is 0.0313. The molecule has 1 aliphatic heterocycles. The maximum Gasteiger partial charge on any atom is 0.254 e. The topological polar surface area (TPSA) is 93.6 Å². The minimum atomic E-state index is -0.0320. The van der Waals surface area contributed by atoms with E-state index in [1.165, 1.54) is 0 Å². The van der Waals surface area contributed by atoms with Gasteiger partial charge in [-0.25, -0.2) is 0 Å². The largest absolute Gasteiger partial charge is 0.493 e. The molecule has 1 aliphatic rings. The molecule has 1 aromatic heterocycles. The molecular weight excluding hydrogens is 320 g/mol.